The first kappa shape index (κ1) is 16.3. The number of rotatable bonds is 6. The summed E-state index contributed by atoms with van der Waals surface area (Å²) in [5, 5.41) is 3.47. The Hall–Kier alpha value is -1.09. The lowest BCUT2D eigenvalue weighted by Crippen LogP contribution is -2.34. The number of hydrogen-bond acceptors (Lipinski definition) is 3. The molecular weight excluding hydrogens is 258 g/mol. The highest BCUT2D eigenvalue weighted by molar-refractivity contribution is 5.46. The molecule has 1 N–H and O–H groups in total. The average Bonchev–Trinajstić information content (AvgIpc) is 2.47. The van der Waals surface area contributed by atoms with Gasteiger partial charge in [0.15, 0.2) is 0 Å². The summed E-state index contributed by atoms with van der Waals surface area (Å²) >= 11 is 0. The highest BCUT2D eigenvalue weighted by Crippen LogP contribution is 2.29. The molecule has 0 unspecified atom stereocenters. The molecule has 0 radical (unpaired) electrons. The molecule has 0 aliphatic heterocycles. The first-order valence-electron chi connectivity index (χ1n) is 8.44. The molecule has 1 heterocycles. The molecule has 2 rings (SSSR count). The van der Waals surface area contributed by atoms with Crippen molar-refractivity contribution >= 4 is 5.69 Å². The Balaban J connectivity index is 1.93. The van der Waals surface area contributed by atoms with E-state index in [2.05, 4.69) is 55.2 Å². The molecule has 1 aromatic heterocycles. The maximum absolute atomic E-state index is 4.49. The number of hydrogen-bond donors (Lipinski definition) is 1. The van der Waals surface area contributed by atoms with Crippen LogP contribution in [0.5, 0.6) is 0 Å². The molecule has 3 nitrogen and oxygen atoms in total. The third-order valence-corrected chi connectivity index (χ3v) is 4.60. The third-order valence-electron chi connectivity index (χ3n) is 4.60. The van der Waals surface area contributed by atoms with E-state index in [4.69, 9.17) is 0 Å². The predicted molar refractivity (Wildman–Crippen MR) is 90.6 cm³/mol. The summed E-state index contributed by atoms with van der Waals surface area (Å²) in [6.07, 6.45) is 7.32. The van der Waals surface area contributed by atoms with Crippen molar-refractivity contribution in [3.05, 3.63) is 24.0 Å². The van der Waals surface area contributed by atoms with Gasteiger partial charge in [0.25, 0.3) is 0 Å². The second-order valence-electron chi connectivity index (χ2n) is 7.05. The van der Waals surface area contributed by atoms with Crippen LogP contribution in [0.25, 0.3) is 0 Å². The van der Waals surface area contributed by atoms with Crippen molar-refractivity contribution in [2.24, 2.45) is 11.8 Å². The van der Waals surface area contributed by atoms with E-state index in [0.717, 1.165) is 24.7 Å². The molecule has 0 spiro atoms. The minimum atomic E-state index is 0.681. The summed E-state index contributed by atoms with van der Waals surface area (Å²) in [4.78, 5) is 6.94. The standard InChI is InChI=1S/C18H31N3/c1-14(2)12-19-13-16-11-18(9-10-20-16)21(4)17-7-5-15(3)6-8-17/h9-11,14-15,17,19H,5-8,12-13H2,1-4H3. The van der Waals surface area contributed by atoms with Crippen molar-refractivity contribution in [1.29, 1.82) is 0 Å². The lowest BCUT2D eigenvalue weighted by atomic mass is 9.86. The first-order chi connectivity index (χ1) is 10.1. The second kappa shape index (κ2) is 7.79. The molecule has 1 saturated carbocycles. The quantitative estimate of drug-likeness (QED) is 0.862. The molecular formula is C18H31N3. The molecule has 21 heavy (non-hydrogen) atoms. The van der Waals surface area contributed by atoms with E-state index in [1.165, 1.54) is 31.4 Å². The monoisotopic (exact) mass is 289 g/mol. The number of pyridine rings is 1. The SMILES string of the molecule is CC(C)CNCc1cc(N(C)C2CCC(C)CC2)ccn1. The maximum Gasteiger partial charge on any atom is 0.0562 e. The lowest BCUT2D eigenvalue weighted by molar-refractivity contribution is 0.340. The fraction of sp³-hybridized carbons (Fsp3) is 0.722. The van der Waals surface area contributed by atoms with Crippen molar-refractivity contribution in [3.8, 4) is 0 Å². The Labute approximate surface area is 130 Å². The number of aromatic nitrogens is 1. The van der Waals surface area contributed by atoms with Gasteiger partial charge in [-0.3, -0.25) is 4.98 Å². The first-order valence-corrected chi connectivity index (χ1v) is 8.44. The van der Waals surface area contributed by atoms with Crippen molar-refractivity contribution < 1.29 is 0 Å². The van der Waals surface area contributed by atoms with Gasteiger partial charge < -0.3 is 10.2 Å². The summed E-state index contributed by atoms with van der Waals surface area (Å²) < 4.78 is 0. The predicted octanol–water partition coefficient (Wildman–Crippen LogP) is 3.84. The molecule has 1 aromatic rings. The molecule has 0 amide bonds. The van der Waals surface area contributed by atoms with Gasteiger partial charge in [-0.05, 0) is 56.2 Å². The summed E-state index contributed by atoms with van der Waals surface area (Å²) in [6, 6.07) is 5.08. The van der Waals surface area contributed by atoms with Crippen LogP contribution in [-0.2, 0) is 6.54 Å². The van der Waals surface area contributed by atoms with Gasteiger partial charge in [-0.15, -0.1) is 0 Å². The van der Waals surface area contributed by atoms with Gasteiger partial charge in [0.05, 0.1) is 5.69 Å². The Morgan fingerprint density at radius 3 is 2.67 bits per heavy atom. The van der Waals surface area contributed by atoms with Crippen LogP contribution in [0.15, 0.2) is 18.3 Å². The van der Waals surface area contributed by atoms with Gasteiger partial charge in [0, 0.05) is 31.5 Å². The zero-order valence-corrected chi connectivity index (χ0v) is 14.1. The Kier molecular flexibility index (Phi) is 6.04. The molecule has 3 heteroatoms. The topological polar surface area (TPSA) is 28.2 Å². The van der Waals surface area contributed by atoms with E-state index in [-0.39, 0.29) is 0 Å². The van der Waals surface area contributed by atoms with Crippen LogP contribution in [-0.4, -0.2) is 24.6 Å². The minimum absolute atomic E-state index is 0.681. The molecule has 0 aromatic carbocycles. The van der Waals surface area contributed by atoms with Gasteiger partial charge in [-0.1, -0.05) is 20.8 Å². The second-order valence-corrected chi connectivity index (χ2v) is 7.05. The number of nitrogens with zero attached hydrogens (tertiary/aromatic N) is 2. The molecule has 118 valence electrons. The Morgan fingerprint density at radius 1 is 1.29 bits per heavy atom. The van der Waals surface area contributed by atoms with Gasteiger partial charge in [-0.2, -0.15) is 0 Å². The molecule has 1 aliphatic rings. The van der Waals surface area contributed by atoms with Gasteiger partial charge in [0.2, 0.25) is 0 Å². The molecule has 0 atom stereocenters. The van der Waals surface area contributed by atoms with Gasteiger partial charge in [0.1, 0.15) is 0 Å². The minimum Gasteiger partial charge on any atom is -0.372 e. The summed E-state index contributed by atoms with van der Waals surface area (Å²) in [7, 11) is 2.24. The van der Waals surface area contributed by atoms with Crippen molar-refractivity contribution in [1.82, 2.24) is 10.3 Å². The van der Waals surface area contributed by atoms with Crippen LogP contribution in [0.2, 0.25) is 0 Å². The van der Waals surface area contributed by atoms with E-state index in [1.54, 1.807) is 0 Å². The lowest BCUT2D eigenvalue weighted by Gasteiger charge is -2.35. The number of anilines is 1. The van der Waals surface area contributed by atoms with Crippen LogP contribution in [0, 0.1) is 11.8 Å². The largest absolute Gasteiger partial charge is 0.372 e. The molecule has 0 saturated heterocycles. The Bertz CT molecular complexity index is 422. The fourth-order valence-electron chi connectivity index (χ4n) is 3.11. The van der Waals surface area contributed by atoms with Crippen LogP contribution in [0.1, 0.15) is 52.1 Å². The van der Waals surface area contributed by atoms with Crippen molar-refractivity contribution in [3.63, 3.8) is 0 Å². The van der Waals surface area contributed by atoms with Crippen LogP contribution in [0.4, 0.5) is 5.69 Å². The van der Waals surface area contributed by atoms with Crippen molar-refractivity contribution in [2.45, 2.75) is 59.0 Å². The van der Waals surface area contributed by atoms with E-state index in [1.807, 2.05) is 6.20 Å². The molecule has 1 fully saturated rings. The summed E-state index contributed by atoms with van der Waals surface area (Å²) in [6.45, 7) is 8.74. The highest BCUT2D eigenvalue weighted by atomic mass is 15.1. The summed E-state index contributed by atoms with van der Waals surface area (Å²) in [5.74, 6) is 1.59. The van der Waals surface area contributed by atoms with E-state index >= 15 is 0 Å². The van der Waals surface area contributed by atoms with E-state index in [0.29, 0.717) is 12.0 Å². The molecule has 1 aliphatic carbocycles. The normalized spacial score (nSPS) is 22.5. The third kappa shape index (κ3) is 4.99. The van der Waals surface area contributed by atoms with E-state index < -0.39 is 0 Å². The molecule has 0 bridgehead atoms. The maximum atomic E-state index is 4.49. The Morgan fingerprint density at radius 2 is 2.00 bits per heavy atom. The summed E-state index contributed by atoms with van der Waals surface area (Å²) in [5.41, 5.74) is 2.45. The fourth-order valence-corrected chi connectivity index (χ4v) is 3.11. The van der Waals surface area contributed by atoms with Gasteiger partial charge in [-0.25, -0.2) is 0 Å². The van der Waals surface area contributed by atoms with Gasteiger partial charge >= 0.3 is 0 Å². The van der Waals surface area contributed by atoms with Crippen LogP contribution in [0.3, 0.4) is 0 Å². The smallest absolute Gasteiger partial charge is 0.0562 e. The van der Waals surface area contributed by atoms with E-state index in [9.17, 15) is 0 Å². The zero-order chi connectivity index (χ0) is 15.2. The van der Waals surface area contributed by atoms with Crippen LogP contribution >= 0.6 is 0 Å². The average molecular weight is 289 g/mol. The van der Waals surface area contributed by atoms with Crippen LogP contribution < -0.4 is 10.2 Å². The highest BCUT2D eigenvalue weighted by Gasteiger charge is 2.22. The zero-order valence-electron chi connectivity index (χ0n) is 14.1. The van der Waals surface area contributed by atoms with Crippen molar-refractivity contribution in [2.75, 3.05) is 18.5 Å². The number of nitrogens with one attached hydrogen (secondary N) is 1.